The molecule has 2 saturated carbocycles. The highest BCUT2D eigenvalue weighted by atomic mass is 127. The van der Waals surface area contributed by atoms with Crippen LogP contribution in [0, 0.1) is 0 Å². The van der Waals surface area contributed by atoms with Crippen molar-refractivity contribution in [3.8, 4) is 0 Å². The summed E-state index contributed by atoms with van der Waals surface area (Å²) in [6.45, 7) is 0. The summed E-state index contributed by atoms with van der Waals surface area (Å²) in [6, 6.07) is -0.424. The molecule has 5 atom stereocenters. The Hall–Kier alpha value is 0.645. The highest BCUT2D eigenvalue weighted by molar-refractivity contribution is 14.1. The van der Waals surface area contributed by atoms with Gasteiger partial charge in [0.25, 0.3) is 0 Å². The number of hydrogen-bond donors (Lipinski definition) is 1. The summed E-state index contributed by atoms with van der Waals surface area (Å²) in [5.41, 5.74) is -2.21. The average molecular weight is 294 g/mol. The van der Waals surface area contributed by atoms with Crippen LogP contribution in [0.5, 0.6) is 0 Å². The number of fused-ring (bicyclic) bond motifs is 3. The largest absolute Gasteiger partial charge is 0.387 e. The molecule has 0 aromatic carbocycles. The fourth-order valence-electron chi connectivity index (χ4n) is 2.89. The molecule has 3 fully saturated rings. The lowest BCUT2D eigenvalue weighted by molar-refractivity contribution is -0.0297. The standard InChI is InChI=1S/C8H9BFIO2/c9-4-1-6(12)2-7(10)3-8(7,11)5(6)13-4/h4-5,12H,1-3H2. The van der Waals surface area contributed by atoms with E-state index in [9.17, 15) is 9.50 Å². The lowest BCUT2D eigenvalue weighted by Crippen LogP contribution is -2.39. The number of ether oxygens (including phenoxy) is 1. The van der Waals surface area contributed by atoms with Gasteiger partial charge in [0.15, 0.2) is 0 Å². The number of rotatable bonds is 0. The maximum Gasteiger partial charge on any atom is 0.132 e. The minimum atomic E-state index is -1.20. The normalized spacial score (nSPS) is 69.2. The number of hydrogen-bond acceptors (Lipinski definition) is 2. The van der Waals surface area contributed by atoms with Crippen molar-refractivity contribution in [2.75, 3.05) is 0 Å². The van der Waals surface area contributed by atoms with Crippen LogP contribution >= 0.6 is 22.6 Å². The van der Waals surface area contributed by atoms with Gasteiger partial charge in [-0.25, -0.2) is 4.39 Å². The summed E-state index contributed by atoms with van der Waals surface area (Å²) in [5, 5.41) is 10.1. The molecule has 70 valence electrons. The number of alkyl halides is 2. The molecule has 3 aliphatic rings. The van der Waals surface area contributed by atoms with Crippen LogP contribution in [0.3, 0.4) is 0 Å². The highest BCUT2D eigenvalue weighted by Crippen LogP contribution is 2.73. The van der Waals surface area contributed by atoms with E-state index in [0.717, 1.165) is 0 Å². The summed E-state index contributed by atoms with van der Waals surface area (Å²) < 4.78 is 18.8. The Bertz CT molecular complexity index is 291. The molecule has 1 N–H and O–H groups in total. The van der Waals surface area contributed by atoms with Gasteiger partial charge in [-0.2, -0.15) is 0 Å². The Morgan fingerprint density at radius 1 is 1.54 bits per heavy atom. The van der Waals surface area contributed by atoms with E-state index in [-0.39, 0.29) is 6.42 Å². The molecule has 1 aliphatic heterocycles. The molecule has 0 aromatic rings. The van der Waals surface area contributed by atoms with Gasteiger partial charge < -0.3 is 9.84 Å². The Morgan fingerprint density at radius 2 is 2.23 bits per heavy atom. The van der Waals surface area contributed by atoms with Gasteiger partial charge in [-0.1, -0.05) is 22.6 Å². The Labute approximate surface area is 90.8 Å². The average Bonchev–Trinajstić information content (AvgIpc) is 2.27. The van der Waals surface area contributed by atoms with Crippen LogP contribution in [0.25, 0.3) is 0 Å². The van der Waals surface area contributed by atoms with Gasteiger partial charge in [-0.3, -0.25) is 0 Å². The van der Waals surface area contributed by atoms with Gasteiger partial charge in [-0.05, 0) is 6.42 Å². The van der Waals surface area contributed by atoms with Gasteiger partial charge >= 0.3 is 0 Å². The van der Waals surface area contributed by atoms with Crippen molar-refractivity contribution in [1.29, 1.82) is 0 Å². The van der Waals surface area contributed by atoms with Crippen LogP contribution in [0.15, 0.2) is 0 Å². The third kappa shape index (κ3) is 0.867. The van der Waals surface area contributed by atoms with E-state index < -0.39 is 26.8 Å². The first-order valence-corrected chi connectivity index (χ1v) is 5.49. The fraction of sp³-hybridized carbons (Fsp3) is 1.00. The Kier molecular flexibility index (Phi) is 1.43. The Balaban J connectivity index is 1.99. The van der Waals surface area contributed by atoms with E-state index in [4.69, 9.17) is 12.6 Å². The third-order valence-electron chi connectivity index (χ3n) is 3.51. The fourth-order valence-corrected chi connectivity index (χ4v) is 4.41. The first-order valence-electron chi connectivity index (χ1n) is 4.41. The highest BCUT2D eigenvalue weighted by Gasteiger charge is 2.83. The van der Waals surface area contributed by atoms with Crippen molar-refractivity contribution in [2.45, 2.75) is 46.1 Å². The third-order valence-corrected chi connectivity index (χ3v) is 5.43. The molecule has 5 unspecified atom stereocenters. The van der Waals surface area contributed by atoms with Crippen LogP contribution in [0.2, 0.25) is 0 Å². The van der Waals surface area contributed by atoms with Crippen molar-refractivity contribution in [3.05, 3.63) is 0 Å². The minimum absolute atomic E-state index is 0.196. The zero-order valence-corrected chi connectivity index (χ0v) is 9.12. The molecule has 2 aliphatic carbocycles. The summed E-state index contributed by atoms with van der Waals surface area (Å²) in [4.78, 5) is 0. The molecule has 3 rings (SSSR count). The molecule has 0 spiro atoms. The molecule has 0 bridgehead atoms. The molecule has 1 heterocycles. The molecule has 1 saturated heterocycles. The van der Waals surface area contributed by atoms with Gasteiger partial charge in [0, 0.05) is 18.8 Å². The van der Waals surface area contributed by atoms with Gasteiger partial charge in [-0.15, -0.1) is 0 Å². The molecule has 0 amide bonds. The second-order valence-electron chi connectivity index (χ2n) is 4.54. The van der Waals surface area contributed by atoms with Crippen molar-refractivity contribution in [3.63, 3.8) is 0 Å². The first kappa shape index (κ1) is 8.91. The lowest BCUT2D eigenvalue weighted by atomic mass is 9.86. The van der Waals surface area contributed by atoms with Crippen molar-refractivity contribution < 1.29 is 14.2 Å². The molecule has 2 radical (unpaired) electrons. The molecule has 13 heavy (non-hydrogen) atoms. The zero-order chi connectivity index (χ0) is 9.48. The zero-order valence-electron chi connectivity index (χ0n) is 6.96. The van der Waals surface area contributed by atoms with Crippen LogP contribution in [-0.4, -0.2) is 39.8 Å². The predicted molar refractivity (Wildman–Crippen MR) is 53.8 cm³/mol. The van der Waals surface area contributed by atoms with Crippen LogP contribution in [0.1, 0.15) is 19.3 Å². The smallest absolute Gasteiger partial charge is 0.132 e. The molecule has 2 nitrogen and oxygen atoms in total. The van der Waals surface area contributed by atoms with E-state index in [0.29, 0.717) is 12.8 Å². The maximum absolute atomic E-state index is 13.9. The van der Waals surface area contributed by atoms with Crippen LogP contribution in [0.4, 0.5) is 4.39 Å². The first-order chi connectivity index (χ1) is 5.90. The molecular weight excluding hydrogens is 285 g/mol. The van der Waals surface area contributed by atoms with Gasteiger partial charge in [0.2, 0.25) is 0 Å². The summed E-state index contributed by atoms with van der Waals surface area (Å²) in [6.07, 6.45) is 0.663. The van der Waals surface area contributed by atoms with Crippen molar-refractivity contribution in [2.24, 2.45) is 0 Å². The number of aliphatic hydroxyl groups is 1. The van der Waals surface area contributed by atoms with Crippen LogP contribution < -0.4 is 0 Å². The van der Waals surface area contributed by atoms with Crippen molar-refractivity contribution >= 4 is 30.4 Å². The van der Waals surface area contributed by atoms with E-state index in [1.54, 1.807) is 0 Å². The summed E-state index contributed by atoms with van der Waals surface area (Å²) >= 11 is 2.08. The maximum atomic E-state index is 13.9. The monoisotopic (exact) mass is 294 g/mol. The second kappa shape index (κ2) is 2.09. The van der Waals surface area contributed by atoms with E-state index in [1.165, 1.54) is 0 Å². The second-order valence-corrected chi connectivity index (χ2v) is 6.47. The molecular formula is C8H9BFIO2. The molecule has 0 aromatic heterocycles. The van der Waals surface area contributed by atoms with Crippen molar-refractivity contribution in [1.82, 2.24) is 0 Å². The topological polar surface area (TPSA) is 29.5 Å². The molecule has 5 heteroatoms. The van der Waals surface area contributed by atoms with Gasteiger partial charge in [0.05, 0.1) is 9.02 Å². The van der Waals surface area contributed by atoms with Crippen LogP contribution in [-0.2, 0) is 4.74 Å². The SMILES string of the molecule is [B]C1CC2(O)CC3(F)CC3(I)C2O1. The predicted octanol–water partition coefficient (Wildman–Crippen LogP) is 0.690. The Morgan fingerprint density at radius 3 is 2.85 bits per heavy atom. The lowest BCUT2D eigenvalue weighted by Gasteiger charge is -2.24. The summed E-state index contributed by atoms with van der Waals surface area (Å²) in [7, 11) is 5.58. The number of halogens is 2. The van der Waals surface area contributed by atoms with E-state index >= 15 is 0 Å². The quantitative estimate of drug-likeness (QED) is 0.405. The van der Waals surface area contributed by atoms with Gasteiger partial charge in [0.1, 0.15) is 19.6 Å². The van der Waals surface area contributed by atoms with E-state index in [1.807, 2.05) is 0 Å². The minimum Gasteiger partial charge on any atom is -0.387 e. The van der Waals surface area contributed by atoms with E-state index in [2.05, 4.69) is 22.6 Å². The summed E-state index contributed by atoms with van der Waals surface area (Å²) in [5.74, 6) is 0.